The van der Waals surface area contributed by atoms with Gasteiger partial charge < -0.3 is 10.6 Å². The first-order valence-electron chi connectivity index (χ1n) is 9.13. The van der Waals surface area contributed by atoms with Crippen molar-refractivity contribution in [3.05, 3.63) is 75.2 Å². The summed E-state index contributed by atoms with van der Waals surface area (Å²) in [7, 11) is 0. The Morgan fingerprint density at radius 2 is 1.93 bits per heavy atom. The van der Waals surface area contributed by atoms with Crippen LogP contribution in [0.5, 0.6) is 0 Å². The van der Waals surface area contributed by atoms with Gasteiger partial charge in [-0.25, -0.2) is 0 Å². The number of hydrogen-bond acceptors (Lipinski definition) is 4. The Morgan fingerprint density at radius 3 is 2.61 bits per heavy atom. The fourth-order valence-electron chi connectivity index (χ4n) is 2.93. The molecule has 0 spiro atoms. The predicted octanol–water partition coefficient (Wildman–Crippen LogP) is 3.04. The largest absolute Gasteiger partial charge is 0.350 e. The van der Waals surface area contributed by atoms with Crippen LogP contribution in [0.4, 0.5) is 0 Å². The van der Waals surface area contributed by atoms with Crippen molar-refractivity contribution in [1.29, 1.82) is 0 Å². The van der Waals surface area contributed by atoms with Crippen LogP contribution < -0.4 is 10.6 Å². The lowest BCUT2D eigenvalue weighted by Gasteiger charge is -2.14. The Bertz CT molecular complexity index is 963. The highest BCUT2D eigenvalue weighted by molar-refractivity contribution is 7.12. The van der Waals surface area contributed by atoms with Gasteiger partial charge >= 0.3 is 0 Å². The minimum atomic E-state index is -0.604. The fraction of sp³-hybridized carbons (Fsp3) is 0.286. The molecule has 0 aliphatic rings. The standard InChI is InChI=1S/C21H24N4O2S/c1-14-10-15(2)25(24-14)13-18-7-4-6-17(11-18)12-22-20(26)16(3)23-21(27)19-8-5-9-28-19/h4-11,16H,12-13H2,1-3H3,(H,22,26)(H,23,27). The molecule has 0 aliphatic carbocycles. The highest BCUT2D eigenvalue weighted by Crippen LogP contribution is 2.10. The van der Waals surface area contributed by atoms with E-state index in [0.717, 1.165) is 22.5 Å². The maximum absolute atomic E-state index is 12.3. The van der Waals surface area contributed by atoms with Crippen molar-refractivity contribution in [2.24, 2.45) is 0 Å². The molecule has 1 unspecified atom stereocenters. The third-order valence-electron chi connectivity index (χ3n) is 4.38. The molecule has 3 rings (SSSR count). The minimum absolute atomic E-state index is 0.214. The highest BCUT2D eigenvalue weighted by Gasteiger charge is 2.16. The Kier molecular flexibility index (Phi) is 6.26. The molecule has 1 atom stereocenters. The van der Waals surface area contributed by atoms with Crippen molar-refractivity contribution in [3.8, 4) is 0 Å². The number of nitrogens with one attached hydrogen (secondary N) is 2. The summed E-state index contributed by atoms with van der Waals surface area (Å²) in [6.45, 7) is 6.79. The van der Waals surface area contributed by atoms with Crippen LogP contribution >= 0.6 is 11.3 Å². The Morgan fingerprint density at radius 1 is 1.14 bits per heavy atom. The van der Waals surface area contributed by atoms with E-state index in [2.05, 4.69) is 27.9 Å². The van der Waals surface area contributed by atoms with Gasteiger partial charge in [-0.2, -0.15) is 5.10 Å². The molecule has 0 saturated carbocycles. The second-order valence-corrected chi connectivity index (χ2v) is 7.74. The summed E-state index contributed by atoms with van der Waals surface area (Å²) in [5.74, 6) is -0.446. The second kappa shape index (κ2) is 8.84. The lowest BCUT2D eigenvalue weighted by atomic mass is 10.1. The molecule has 6 nitrogen and oxygen atoms in total. The first-order valence-corrected chi connectivity index (χ1v) is 10.0. The average Bonchev–Trinajstić information content (AvgIpc) is 3.30. The van der Waals surface area contributed by atoms with Crippen LogP contribution in [-0.4, -0.2) is 27.6 Å². The van der Waals surface area contributed by atoms with Gasteiger partial charge in [0.15, 0.2) is 0 Å². The lowest BCUT2D eigenvalue weighted by molar-refractivity contribution is -0.122. The van der Waals surface area contributed by atoms with Crippen molar-refractivity contribution in [3.63, 3.8) is 0 Å². The van der Waals surface area contributed by atoms with Crippen LogP contribution in [0.2, 0.25) is 0 Å². The zero-order valence-electron chi connectivity index (χ0n) is 16.2. The van der Waals surface area contributed by atoms with Gasteiger partial charge in [0.2, 0.25) is 5.91 Å². The molecule has 2 amide bonds. The van der Waals surface area contributed by atoms with Gasteiger partial charge in [0.05, 0.1) is 17.1 Å². The van der Waals surface area contributed by atoms with E-state index in [1.54, 1.807) is 13.0 Å². The number of hydrogen-bond donors (Lipinski definition) is 2. The van der Waals surface area contributed by atoms with Crippen molar-refractivity contribution < 1.29 is 9.59 Å². The second-order valence-electron chi connectivity index (χ2n) is 6.79. The van der Waals surface area contributed by atoms with E-state index in [9.17, 15) is 9.59 Å². The van der Waals surface area contributed by atoms with Gasteiger partial charge in [-0.3, -0.25) is 14.3 Å². The normalized spacial score (nSPS) is 11.8. The molecule has 0 bridgehead atoms. The van der Waals surface area contributed by atoms with Crippen molar-refractivity contribution in [2.45, 2.75) is 39.9 Å². The van der Waals surface area contributed by atoms with Gasteiger partial charge in [0.25, 0.3) is 5.91 Å². The Hall–Kier alpha value is -2.93. The van der Waals surface area contributed by atoms with Crippen LogP contribution in [0.25, 0.3) is 0 Å². The molecular weight excluding hydrogens is 372 g/mol. The minimum Gasteiger partial charge on any atom is -0.350 e. The third kappa shape index (κ3) is 5.07. The summed E-state index contributed by atoms with van der Waals surface area (Å²) in [5.41, 5.74) is 4.24. The molecular formula is C21H24N4O2S. The van der Waals surface area contributed by atoms with Crippen molar-refractivity contribution in [1.82, 2.24) is 20.4 Å². The predicted molar refractivity (Wildman–Crippen MR) is 110 cm³/mol. The number of carbonyl (C=O) groups is 2. The summed E-state index contributed by atoms with van der Waals surface area (Å²) < 4.78 is 1.97. The number of aromatic nitrogens is 2. The Balaban J connectivity index is 1.54. The van der Waals surface area contributed by atoms with E-state index in [1.807, 2.05) is 48.2 Å². The summed E-state index contributed by atoms with van der Waals surface area (Å²) in [6, 6.07) is 13.0. The maximum atomic E-state index is 12.3. The van der Waals surface area contributed by atoms with Gasteiger partial charge in [-0.1, -0.05) is 30.3 Å². The fourth-order valence-corrected chi connectivity index (χ4v) is 3.56. The highest BCUT2D eigenvalue weighted by atomic mass is 32.1. The number of rotatable bonds is 7. The number of carbonyl (C=O) groups excluding carboxylic acids is 2. The number of nitrogens with zero attached hydrogens (tertiary/aromatic N) is 2. The third-order valence-corrected chi connectivity index (χ3v) is 5.25. The molecule has 1 aromatic carbocycles. The molecule has 0 saturated heterocycles. The van der Waals surface area contributed by atoms with Gasteiger partial charge in [-0.15, -0.1) is 11.3 Å². The topological polar surface area (TPSA) is 76.0 Å². The molecule has 146 valence electrons. The summed E-state index contributed by atoms with van der Waals surface area (Å²) >= 11 is 1.35. The molecule has 0 radical (unpaired) electrons. The maximum Gasteiger partial charge on any atom is 0.261 e. The number of benzene rings is 1. The van der Waals surface area contributed by atoms with E-state index in [-0.39, 0.29) is 11.8 Å². The monoisotopic (exact) mass is 396 g/mol. The van der Waals surface area contributed by atoms with Gasteiger partial charge in [0.1, 0.15) is 6.04 Å². The van der Waals surface area contributed by atoms with Gasteiger partial charge in [-0.05, 0) is 49.4 Å². The Labute approximate surface area is 168 Å². The molecule has 7 heteroatoms. The quantitative estimate of drug-likeness (QED) is 0.644. The SMILES string of the molecule is Cc1cc(C)n(Cc2cccc(CNC(=O)C(C)NC(=O)c3cccs3)c2)n1. The zero-order valence-corrected chi connectivity index (χ0v) is 17.0. The molecule has 3 aromatic rings. The van der Waals surface area contributed by atoms with E-state index in [0.29, 0.717) is 18.0 Å². The summed E-state index contributed by atoms with van der Waals surface area (Å²) in [5, 5.41) is 11.9. The van der Waals surface area contributed by atoms with Crippen LogP contribution in [-0.2, 0) is 17.9 Å². The van der Waals surface area contributed by atoms with E-state index >= 15 is 0 Å². The van der Waals surface area contributed by atoms with E-state index < -0.39 is 6.04 Å². The van der Waals surface area contributed by atoms with Crippen LogP contribution in [0.3, 0.4) is 0 Å². The number of amides is 2. The smallest absolute Gasteiger partial charge is 0.261 e. The van der Waals surface area contributed by atoms with Crippen LogP contribution in [0.1, 0.15) is 39.1 Å². The lowest BCUT2D eigenvalue weighted by Crippen LogP contribution is -2.44. The molecule has 28 heavy (non-hydrogen) atoms. The molecule has 0 aliphatic heterocycles. The van der Waals surface area contributed by atoms with Gasteiger partial charge in [0, 0.05) is 12.2 Å². The van der Waals surface area contributed by atoms with Crippen molar-refractivity contribution in [2.75, 3.05) is 0 Å². The first kappa shape index (κ1) is 19.8. The van der Waals surface area contributed by atoms with Crippen molar-refractivity contribution >= 4 is 23.2 Å². The first-order chi connectivity index (χ1) is 13.4. The zero-order chi connectivity index (χ0) is 20.1. The molecule has 2 heterocycles. The van der Waals surface area contributed by atoms with E-state index in [4.69, 9.17) is 0 Å². The molecule has 2 aromatic heterocycles. The molecule has 0 fully saturated rings. The van der Waals surface area contributed by atoms with Crippen LogP contribution in [0.15, 0.2) is 47.8 Å². The molecule has 2 N–H and O–H groups in total. The summed E-state index contributed by atoms with van der Waals surface area (Å²) in [4.78, 5) is 25.0. The van der Waals surface area contributed by atoms with E-state index in [1.165, 1.54) is 11.3 Å². The average molecular weight is 397 g/mol. The number of aryl methyl sites for hydroxylation is 2. The number of thiophene rings is 1. The summed E-state index contributed by atoms with van der Waals surface area (Å²) in [6.07, 6.45) is 0. The van der Waals surface area contributed by atoms with Crippen LogP contribution in [0, 0.1) is 13.8 Å².